The van der Waals surface area contributed by atoms with Gasteiger partial charge in [-0.3, -0.25) is 9.52 Å². The molecule has 1 aliphatic rings. The molecule has 0 radical (unpaired) electrons. The highest BCUT2D eigenvalue weighted by Crippen LogP contribution is 2.34. The number of rotatable bonds is 5. The third kappa shape index (κ3) is 3.83. The average Bonchev–Trinajstić information content (AvgIpc) is 2.61. The van der Waals surface area contributed by atoms with Gasteiger partial charge >= 0.3 is 0 Å². The van der Waals surface area contributed by atoms with Crippen molar-refractivity contribution in [3.8, 4) is 17.2 Å². The lowest BCUT2D eigenvalue weighted by Gasteiger charge is -2.19. The van der Waals surface area contributed by atoms with Gasteiger partial charge in [-0.25, -0.2) is 8.42 Å². The third-order valence-corrected chi connectivity index (χ3v) is 4.97. The molecule has 0 aromatic heterocycles. The lowest BCUT2D eigenvalue weighted by atomic mass is 10.3. The number of methoxy groups -OCH3 is 1. The topological polar surface area (TPSA) is 103 Å². The Kier molecular flexibility index (Phi) is 4.90. The maximum absolute atomic E-state index is 12.6. The van der Waals surface area contributed by atoms with Gasteiger partial charge in [-0.1, -0.05) is 0 Å². The van der Waals surface area contributed by atoms with Gasteiger partial charge in [-0.2, -0.15) is 0 Å². The minimum Gasteiger partial charge on any atom is -0.495 e. The van der Waals surface area contributed by atoms with E-state index in [1.807, 2.05) is 0 Å². The number of carbonyl (C=O) groups is 1. The SMILES string of the molecule is COc1cc(S(=O)(=O)Nc2ccc3c(c2)OCCO3)ccc1NC(C)=O. The first kappa shape index (κ1) is 17.9. The van der Waals surface area contributed by atoms with E-state index in [4.69, 9.17) is 14.2 Å². The number of hydrogen-bond donors (Lipinski definition) is 2. The summed E-state index contributed by atoms with van der Waals surface area (Å²) in [5.41, 5.74) is 0.734. The van der Waals surface area contributed by atoms with E-state index in [2.05, 4.69) is 10.0 Å². The number of sulfonamides is 1. The quantitative estimate of drug-likeness (QED) is 0.827. The first-order chi connectivity index (χ1) is 12.4. The van der Waals surface area contributed by atoms with Gasteiger partial charge in [-0.15, -0.1) is 0 Å². The molecule has 0 atom stereocenters. The van der Waals surface area contributed by atoms with Crippen LogP contribution >= 0.6 is 0 Å². The third-order valence-electron chi connectivity index (χ3n) is 3.59. The van der Waals surface area contributed by atoms with Crippen molar-refractivity contribution in [1.82, 2.24) is 0 Å². The largest absolute Gasteiger partial charge is 0.495 e. The van der Waals surface area contributed by atoms with Crippen LogP contribution in [0.1, 0.15) is 6.92 Å². The Morgan fingerprint density at radius 3 is 2.50 bits per heavy atom. The summed E-state index contributed by atoms with van der Waals surface area (Å²) in [6.07, 6.45) is 0. The summed E-state index contributed by atoms with van der Waals surface area (Å²) in [6.45, 7) is 2.22. The van der Waals surface area contributed by atoms with Crippen molar-refractivity contribution < 1.29 is 27.4 Å². The van der Waals surface area contributed by atoms with Crippen LogP contribution in [0.25, 0.3) is 0 Å². The van der Waals surface area contributed by atoms with E-state index < -0.39 is 10.0 Å². The number of amides is 1. The summed E-state index contributed by atoms with van der Waals surface area (Å²) in [5, 5.41) is 2.58. The van der Waals surface area contributed by atoms with E-state index >= 15 is 0 Å². The second-order valence-corrected chi connectivity index (χ2v) is 7.19. The van der Waals surface area contributed by atoms with Crippen LogP contribution < -0.4 is 24.2 Å². The maximum Gasteiger partial charge on any atom is 0.262 e. The molecule has 8 nitrogen and oxygen atoms in total. The lowest BCUT2D eigenvalue weighted by molar-refractivity contribution is -0.114. The molecule has 0 bridgehead atoms. The molecule has 2 aromatic carbocycles. The van der Waals surface area contributed by atoms with E-state index in [0.717, 1.165) is 0 Å². The Labute approximate surface area is 151 Å². The van der Waals surface area contributed by atoms with Crippen LogP contribution in [0.4, 0.5) is 11.4 Å². The molecule has 26 heavy (non-hydrogen) atoms. The van der Waals surface area contributed by atoms with Crippen LogP contribution in [0.2, 0.25) is 0 Å². The second-order valence-electron chi connectivity index (χ2n) is 5.51. The van der Waals surface area contributed by atoms with Crippen LogP contribution in [0.15, 0.2) is 41.3 Å². The van der Waals surface area contributed by atoms with Gasteiger partial charge in [0.1, 0.15) is 19.0 Å². The molecule has 2 N–H and O–H groups in total. The molecule has 3 rings (SSSR count). The fourth-order valence-corrected chi connectivity index (χ4v) is 3.52. The standard InChI is InChI=1S/C17H18N2O6S/c1-11(20)18-14-5-4-13(10-16(14)23-2)26(21,22)19-12-3-6-15-17(9-12)25-8-7-24-15/h3-6,9-10,19H,7-8H2,1-2H3,(H,18,20). The van der Waals surface area contributed by atoms with E-state index in [9.17, 15) is 13.2 Å². The van der Waals surface area contributed by atoms with Gasteiger partial charge < -0.3 is 19.5 Å². The molecule has 1 amide bonds. The maximum atomic E-state index is 12.6. The second kappa shape index (κ2) is 7.12. The number of benzene rings is 2. The number of ether oxygens (including phenoxy) is 3. The number of hydrogen-bond acceptors (Lipinski definition) is 6. The summed E-state index contributed by atoms with van der Waals surface area (Å²) in [4.78, 5) is 11.2. The van der Waals surface area contributed by atoms with Gasteiger partial charge in [0.2, 0.25) is 5.91 Å². The van der Waals surface area contributed by atoms with Crippen LogP contribution in [0.3, 0.4) is 0 Å². The predicted molar refractivity (Wildman–Crippen MR) is 95.5 cm³/mol. The monoisotopic (exact) mass is 378 g/mol. The van der Waals surface area contributed by atoms with E-state index in [0.29, 0.717) is 36.1 Å². The lowest BCUT2D eigenvalue weighted by Crippen LogP contribution is -2.17. The normalized spacial score (nSPS) is 13.0. The number of anilines is 2. The molecule has 0 unspecified atom stereocenters. The van der Waals surface area contributed by atoms with Gasteiger partial charge in [0, 0.05) is 19.1 Å². The van der Waals surface area contributed by atoms with Crippen molar-refractivity contribution in [1.29, 1.82) is 0 Å². The molecule has 0 aliphatic carbocycles. The van der Waals surface area contributed by atoms with Crippen molar-refractivity contribution in [2.75, 3.05) is 30.4 Å². The average molecular weight is 378 g/mol. The Morgan fingerprint density at radius 1 is 1.08 bits per heavy atom. The Morgan fingerprint density at radius 2 is 1.81 bits per heavy atom. The number of carbonyl (C=O) groups excluding carboxylic acids is 1. The first-order valence-corrected chi connectivity index (χ1v) is 9.25. The van der Waals surface area contributed by atoms with E-state index in [-0.39, 0.29) is 16.6 Å². The molecule has 0 saturated heterocycles. The molecular weight excluding hydrogens is 360 g/mol. The number of nitrogens with one attached hydrogen (secondary N) is 2. The molecule has 0 spiro atoms. The molecule has 1 heterocycles. The van der Waals surface area contributed by atoms with Crippen molar-refractivity contribution in [3.63, 3.8) is 0 Å². The number of fused-ring (bicyclic) bond motifs is 1. The van der Waals surface area contributed by atoms with Gasteiger partial charge in [0.05, 0.1) is 23.4 Å². The molecule has 9 heteroatoms. The van der Waals surface area contributed by atoms with Crippen LogP contribution in [0.5, 0.6) is 17.2 Å². The van der Waals surface area contributed by atoms with Gasteiger partial charge in [-0.05, 0) is 24.3 Å². The molecule has 0 saturated carbocycles. The summed E-state index contributed by atoms with van der Waals surface area (Å²) in [7, 11) is -2.46. The highest BCUT2D eigenvalue weighted by Gasteiger charge is 2.19. The van der Waals surface area contributed by atoms with Crippen LogP contribution in [-0.2, 0) is 14.8 Å². The van der Waals surface area contributed by atoms with Crippen LogP contribution in [-0.4, -0.2) is 34.6 Å². The Bertz CT molecular complexity index is 942. The van der Waals surface area contributed by atoms with E-state index in [1.165, 1.54) is 32.2 Å². The zero-order valence-corrected chi connectivity index (χ0v) is 15.1. The van der Waals surface area contributed by atoms with E-state index in [1.54, 1.807) is 18.2 Å². The Balaban J connectivity index is 1.87. The summed E-state index contributed by atoms with van der Waals surface area (Å²) in [6, 6.07) is 8.99. The predicted octanol–water partition coefficient (Wildman–Crippen LogP) is 2.23. The Hall–Kier alpha value is -2.94. The summed E-state index contributed by atoms with van der Waals surface area (Å²) >= 11 is 0. The zero-order chi connectivity index (χ0) is 18.7. The van der Waals surface area contributed by atoms with Crippen molar-refractivity contribution >= 4 is 27.3 Å². The van der Waals surface area contributed by atoms with Crippen molar-refractivity contribution in [2.24, 2.45) is 0 Å². The highest BCUT2D eigenvalue weighted by molar-refractivity contribution is 7.92. The van der Waals surface area contributed by atoms with Gasteiger partial charge in [0.15, 0.2) is 11.5 Å². The molecule has 0 fully saturated rings. The van der Waals surface area contributed by atoms with Crippen LogP contribution in [0, 0.1) is 0 Å². The van der Waals surface area contributed by atoms with Gasteiger partial charge in [0.25, 0.3) is 10.0 Å². The van der Waals surface area contributed by atoms with Crippen molar-refractivity contribution in [2.45, 2.75) is 11.8 Å². The minimum atomic E-state index is -3.86. The molecule has 138 valence electrons. The fourth-order valence-electron chi connectivity index (χ4n) is 2.45. The molecule has 2 aromatic rings. The molecule has 1 aliphatic heterocycles. The molecular formula is C17H18N2O6S. The van der Waals surface area contributed by atoms with Crippen molar-refractivity contribution in [3.05, 3.63) is 36.4 Å². The summed E-state index contributed by atoms with van der Waals surface area (Å²) in [5.74, 6) is 1.01. The highest BCUT2D eigenvalue weighted by atomic mass is 32.2. The fraction of sp³-hybridized carbons (Fsp3) is 0.235. The smallest absolute Gasteiger partial charge is 0.262 e. The zero-order valence-electron chi connectivity index (χ0n) is 14.2. The summed E-state index contributed by atoms with van der Waals surface area (Å²) < 4.78 is 43.8. The minimum absolute atomic E-state index is 0.00154. The first-order valence-electron chi connectivity index (χ1n) is 7.77.